The third-order valence-corrected chi connectivity index (χ3v) is 11.5. The van der Waals surface area contributed by atoms with Crippen molar-refractivity contribution in [3.8, 4) is 0 Å². The molecule has 0 aliphatic rings. The highest BCUT2D eigenvalue weighted by atomic mass is 16.3. The number of hydrogen-bond donors (Lipinski definition) is 3. The summed E-state index contributed by atoms with van der Waals surface area (Å²) in [6, 6.07) is -0.645. The molecule has 2 unspecified atom stereocenters. The summed E-state index contributed by atoms with van der Waals surface area (Å²) in [7, 11) is 0. The van der Waals surface area contributed by atoms with E-state index in [2.05, 4.69) is 116 Å². The lowest BCUT2D eigenvalue weighted by Crippen LogP contribution is -2.45. The predicted octanol–water partition coefficient (Wildman–Crippen LogP) is 17.5. The number of nitrogens with one attached hydrogen (secondary N) is 1. The van der Waals surface area contributed by atoms with Gasteiger partial charge in [0.05, 0.1) is 18.8 Å². The number of carbonyl (C=O) groups is 1. The van der Waals surface area contributed by atoms with E-state index in [4.69, 9.17) is 0 Å². The van der Waals surface area contributed by atoms with E-state index in [0.717, 1.165) is 96.3 Å². The monoisotopic (exact) mass is 872 g/mol. The Morgan fingerprint density at radius 3 is 1.05 bits per heavy atom. The Bertz CT molecular complexity index is 1220. The number of unbranched alkanes of at least 4 members (excludes halogenated alkanes) is 24. The summed E-state index contributed by atoms with van der Waals surface area (Å²) in [5.41, 5.74) is 0. The van der Waals surface area contributed by atoms with E-state index >= 15 is 0 Å². The molecule has 0 radical (unpaired) electrons. The second-order valence-corrected chi connectivity index (χ2v) is 17.6. The van der Waals surface area contributed by atoms with Crippen LogP contribution in [-0.4, -0.2) is 34.9 Å². The highest BCUT2D eigenvalue weighted by Crippen LogP contribution is 2.15. The third-order valence-electron chi connectivity index (χ3n) is 11.5. The number of allylic oxidation sites excluding steroid dienone is 17. The quantitative estimate of drug-likeness (QED) is 0.0421. The molecule has 63 heavy (non-hydrogen) atoms. The highest BCUT2D eigenvalue weighted by Gasteiger charge is 2.17. The van der Waals surface area contributed by atoms with E-state index in [1.807, 2.05) is 6.08 Å². The van der Waals surface area contributed by atoms with E-state index in [9.17, 15) is 15.0 Å². The highest BCUT2D eigenvalue weighted by molar-refractivity contribution is 5.76. The molecule has 0 heterocycles. The van der Waals surface area contributed by atoms with Gasteiger partial charge in [-0.1, -0.05) is 258 Å². The van der Waals surface area contributed by atoms with Gasteiger partial charge in [-0.3, -0.25) is 4.79 Å². The molecule has 0 fully saturated rings. The molecule has 0 aromatic carbocycles. The van der Waals surface area contributed by atoms with E-state index in [1.54, 1.807) is 6.08 Å². The Labute approximate surface area is 391 Å². The van der Waals surface area contributed by atoms with Gasteiger partial charge in [0.25, 0.3) is 0 Å². The van der Waals surface area contributed by atoms with Crippen molar-refractivity contribution in [3.63, 3.8) is 0 Å². The maximum absolute atomic E-state index is 12.5. The van der Waals surface area contributed by atoms with Crippen molar-refractivity contribution in [1.29, 1.82) is 0 Å². The van der Waals surface area contributed by atoms with Crippen LogP contribution in [0, 0.1) is 0 Å². The van der Waals surface area contributed by atoms with Gasteiger partial charge < -0.3 is 15.5 Å². The third kappa shape index (κ3) is 49.9. The molecule has 3 N–H and O–H groups in total. The van der Waals surface area contributed by atoms with Gasteiger partial charge in [0.1, 0.15) is 0 Å². The molecule has 0 rings (SSSR count). The Morgan fingerprint density at radius 2 is 0.698 bits per heavy atom. The van der Waals surface area contributed by atoms with Gasteiger partial charge in [-0.05, 0) is 83.5 Å². The molecule has 0 aliphatic carbocycles. The van der Waals surface area contributed by atoms with Crippen LogP contribution in [0.2, 0.25) is 0 Å². The molecule has 0 aromatic rings. The molecule has 2 atom stereocenters. The maximum Gasteiger partial charge on any atom is 0.220 e. The standard InChI is InChI=1S/C59H101NO3/c1-3-5-7-9-11-13-15-17-19-21-23-25-27-28-29-30-31-32-33-35-37-39-41-43-45-47-49-51-53-55-59(63)60-57(56-61)58(62)54-52-50-48-46-44-42-40-38-36-34-26-24-22-20-18-16-14-12-10-8-6-4-2/h5,7,11,13,17,19,23,25,28-29,31-32,35,37,41,43,52,54,57-58,61-62H,3-4,6,8-10,12,14-16,18,20-22,24,26-27,30,33-34,36,38-40,42,44-51,53,55-56H2,1-2H3,(H,60,63)/b7-5-,13-11-,19-17-,25-23-,29-28-,32-31-,37-35-,43-41-,54-52+. The Hall–Kier alpha value is -2.95. The summed E-state index contributed by atoms with van der Waals surface area (Å²) in [6.45, 7) is 4.19. The smallest absolute Gasteiger partial charge is 0.220 e. The SMILES string of the molecule is CC/C=C\C/C=C\C/C=C\C/C=C\C/C=C\C/C=C\C/C=C\C/C=C\CCCCCCC(=O)NC(CO)C(O)/C=C/CCCCCCCCCCCCCCCCCCCCCC. The maximum atomic E-state index is 12.5. The van der Waals surface area contributed by atoms with Crippen LogP contribution in [0.4, 0.5) is 0 Å². The first-order chi connectivity index (χ1) is 31.2. The second-order valence-electron chi connectivity index (χ2n) is 17.6. The zero-order chi connectivity index (χ0) is 45.6. The van der Waals surface area contributed by atoms with Gasteiger partial charge in [-0.2, -0.15) is 0 Å². The number of carbonyl (C=O) groups excluding carboxylic acids is 1. The molecule has 4 nitrogen and oxygen atoms in total. The van der Waals surface area contributed by atoms with E-state index in [0.29, 0.717) is 6.42 Å². The Balaban J connectivity index is 3.66. The normalized spacial score (nSPS) is 13.8. The molecule has 0 saturated heterocycles. The summed E-state index contributed by atoms with van der Waals surface area (Å²) < 4.78 is 0. The van der Waals surface area contributed by atoms with Crippen molar-refractivity contribution >= 4 is 5.91 Å². The van der Waals surface area contributed by atoms with Crippen LogP contribution in [-0.2, 0) is 4.79 Å². The number of aliphatic hydroxyl groups is 2. The Morgan fingerprint density at radius 1 is 0.397 bits per heavy atom. The fourth-order valence-corrected chi connectivity index (χ4v) is 7.49. The van der Waals surface area contributed by atoms with E-state index in [1.165, 1.54) is 122 Å². The van der Waals surface area contributed by atoms with Crippen LogP contribution in [0.25, 0.3) is 0 Å². The van der Waals surface area contributed by atoms with Crippen molar-refractivity contribution in [1.82, 2.24) is 5.32 Å². The van der Waals surface area contributed by atoms with Crippen molar-refractivity contribution in [3.05, 3.63) is 109 Å². The van der Waals surface area contributed by atoms with Crippen molar-refractivity contribution in [2.24, 2.45) is 0 Å². The fourth-order valence-electron chi connectivity index (χ4n) is 7.49. The number of aliphatic hydroxyl groups excluding tert-OH is 2. The van der Waals surface area contributed by atoms with Crippen molar-refractivity contribution in [2.75, 3.05) is 6.61 Å². The molecule has 0 bridgehead atoms. The van der Waals surface area contributed by atoms with Crippen LogP contribution < -0.4 is 5.32 Å². The van der Waals surface area contributed by atoms with Crippen molar-refractivity contribution in [2.45, 2.75) is 251 Å². The fraction of sp³-hybridized carbons (Fsp3) is 0.678. The van der Waals surface area contributed by atoms with Gasteiger partial charge in [0.15, 0.2) is 0 Å². The van der Waals surface area contributed by atoms with Crippen LogP contribution in [0.1, 0.15) is 239 Å². The van der Waals surface area contributed by atoms with E-state index < -0.39 is 12.1 Å². The lowest BCUT2D eigenvalue weighted by Gasteiger charge is -2.20. The largest absolute Gasteiger partial charge is 0.394 e. The minimum Gasteiger partial charge on any atom is -0.394 e. The summed E-state index contributed by atoms with van der Waals surface area (Å²) in [5, 5.41) is 23.1. The molecule has 1 amide bonds. The number of rotatable bonds is 47. The topological polar surface area (TPSA) is 69.6 Å². The average molecular weight is 872 g/mol. The molecular formula is C59H101NO3. The van der Waals surface area contributed by atoms with Crippen LogP contribution in [0.5, 0.6) is 0 Å². The van der Waals surface area contributed by atoms with Gasteiger partial charge in [0.2, 0.25) is 5.91 Å². The molecule has 0 aliphatic heterocycles. The molecule has 4 heteroatoms. The molecular weight excluding hydrogens is 771 g/mol. The summed E-state index contributed by atoms with van der Waals surface area (Å²) in [6.07, 6.45) is 80.8. The van der Waals surface area contributed by atoms with Crippen LogP contribution in [0.15, 0.2) is 109 Å². The second kappa shape index (κ2) is 53.4. The zero-order valence-electron chi connectivity index (χ0n) is 41.3. The zero-order valence-corrected chi connectivity index (χ0v) is 41.3. The van der Waals surface area contributed by atoms with Gasteiger partial charge in [0, 0.05) is 6.42 Å². The molecule has 360 valence electrons. The van der Waals surface area contributed by atoms with Gasteiger partial charge in [-0.25, -0.2) is 0 Å². The number of hydrogen-bond acceptors (Lipinski definition) is 3. The first-order valence-electron chi connectivity index (χ1n) is 26.6. The first kappa shape index (κ1) is 60.1. The summed E-state index contributed by atoms with van der Waals surface area (Å²) in [5.74, 6) is -0.0914. The molecule has 0 spiro atoms. The lowest BCUT2D eigenvalue weighted by molar-refractivity contribution is -0.123. The summed E-state index contributed by atoms with van der Waals surface area (Å²) >= 11 is 0. The van der Waals surface area contributed by atoms with Crippen LogP contribution >= 0.6 is 0 Å². The van der Waals surface area contributed by atoms with Crippen LogP contribution in [0.3, 0.4) is 0 Å². The molecule has 0 aromatic heterocycles. The average Bonchev–Trinajstić information content (AvgIpc) is 3.29. The van der Waals surface area contributed by atoms with Gasteiger partial charge in [-0.15, -0.1) is 0 Å². The minimum atomic E-state index is -0.859. The summed E-state index contributed by atoms with van der Waals surface area (Å²) in [4.78, 5) is 12.5. The van der Waals surface area contributed by atoms with Crippen molar-refractivity contribution < 1.29 is 15.0 Å². The minimum absolute atomic E-state index is 0.0914. The predicted molar refractivity (Wildman–Crippen MR) is 280 cm³/mol. The molecule has 0 saturated carbocycles. The lowest BCUT2D eigenvalue weighted by atomic mass is 10.0. The Kier molecular flexibility index (Phi) is 50.9. The first-order valence-corrected chi connectivity index (χ1v) is 26.6. The number of amides is 1. The van der Waals surface area contributed by atoms with Gasteiger partial charge >= 0.3 is 0 Å². The van der Waals surface area contributed by atoms with E-state index in [-0.39, 0.29) is 12.5 Å².